The van der Waals surface area contributed by atoms with Gasteiger partial charge in [0, 0.05) is 12.1 Å². The highest BCUT2D eigenvalue weighted by molar-refractivity contribution is 6.05. The third-order valence-electron chi connectivity index (χ3n) is 2.09. The summed E-state index contributed by atoms with van der Waals surface area (Å²) >= 11 is 0. The summed E-state index contributed by atoms with van der Waals surface area (Å²) in [6.45, 7) is 1.55. The highest BCUT2D eigenvalue weighted by Crippen LogP contribution is 2.18. The van der Waals surface area contributed by atoms with Crippen LogP contribution in [0.25, 0.3) is 0 Å². The van der Waals surface area contributed by atoms with Crippen molar-refractivity contribution in [3.63, 3.8) is 0 Å². The summed E-state index contributed by atoms with van der Waals surface area (Å²) < 4.78 is 5.25. The van der Waals surface area contributed by atoms with Gasteiger partial charge in [-0.15, -0.1) is 0 Å². The Morgan fingerprint density at radius 2 is 2.23 bits per heavy atom. The van der Waals surface area contributed by atoms with Crippen molar-refractivity contribution in [2.45, 2.75) is 0 Å². The van der Waals surface area contributed by atoms with E-state index in [0.717, 1.165) is 23.6 Å². The first-order valence-electron chi connectivity index (χ1n) is 4.29. The molecule has 0 saturated heterocycles. The number of benzene rings is 1. The van der Waals surface area contributed by atoms with Crippen molar-refractivity contribution in [3.8, 4) is 5.75 Å². The maximum atomic E-state index is 5.25. The van der Waals surface area contributed by atoms with E-state index in [9.17, 15) is 0 Å². The van der Waals surface area contributed by atoms with E-state index in [1.54, 1.807) is 7.11 Å². The number of aliphatic imine (C=N–C) groups is 1. The molecule has 13 heavy (non-hydrogen) atoms. The van der Waals surface area contributed by atoms with E-state index in [1.165, 1.54) is 0 Å². The average Bonchev–Trinajstić information content (AvgIpc) is 2.70. The molecule has 0 aromatic heterocycles. The van der Waals surface area contributed by atoms with Gasteiger partial charge in [0.25, 0.3) is 0 Å². The van der Waals surface area contributed by atoms with Gasteiger partial charge in [-0.2, -0.15) is 0 Å². The molecule has 1 heterocycles. The summed E-state index contributed by atoms with van der Waals surface area (Å²) in [7, 11) is 1.68. The predicted molar refractivity (Wildman–Crippen MR) is 52.4 cm³/mol. The molecule has 68 valence electrons. The topological polar surface area (TPSA) is 33.6 Å². The fourth-order valence-electron chi connectivity index (χ4n) is 1.44. The quantitative estimate of drug-likeness (QED) is 0.730. The number of nitrogens with zero attached hydrogens (tertiary/aromatic N) is 1. The molecule has 0 bridgehead atoms. The van der Waals surface area contributed by atoms with Gasteiger partial charge in [0.15, 0.2) is 0 Å². The number of rotatable bonds is 2. The first-order chi connectivity index (χ1) is 6.42. The number of nitrogens with one attached hydrogen (secondary N) is 1. The summed E-state index contributed by atoms with van der Waals surface area (Å²) in [5.74, 6) is 0.893. The molecule has 0 aliphatic carbocycles. The van der Waals surface area contributed by atoms with Crippen LogP contribution in [0.1, 0.15) is 5.56 Å². The number of hydrogen-bond donors (Lipinski definition) is 1. The van der Waals surface area contributed by atoms with Crippen molar-refractivity contribution >= 4 is 5.71 Å². The van der Waals surface area contributed by atoms with Gasteiger partial charge < -0.3 is 4.74 Å². The van der Waals surface area contributed by atoms with Crippen molar-refractivity contribution in [2.24, 2.45) is 4.99 Å². The van der Waals surface area contributed by atoms with Crippen molar-refractivity contribution < 1.29 is 4.74 Å². The third kappa shape index (κ3) is 1.55. The molecule has 1 aromatic rings. The first-order valence-corrected chi connectivity index (χ1v) is 4.29. The molecule has 2 rings (SSSR count). The maximum absolute atomic E-state index is 5.25. The molecule has 1 aliphatic heterocycles. The van der Waals surface area contributed by atoms with Gasteiger partial charge in [0.2, 0.25) is 0 Å². The van der Waals surface area contributed by atoms with Crippen LogP contribution in [-0.2, 0) is 0 Å². The third-order valence-corrected chi connectivity index (χ3v) is 2.09. The van der Waals surface area contributed by atoms with Gasteiger partial charge >= 0.3 is 0 Å². The summed E-state index contributed by atoms with van der Waals surface area (Å²) in [5.41, 5.74) is 2.17. The van der Waals surface area contributed by atoms with Crippen LogP contribution in [0.15, 0.2) is 29.3 Å². The summed E-state index contributed by atoms with van der Waals surface area (Å²) in [6, 6.07) is 7.95. The largest absolute Gasteiger partial charge is 0.496 e. The summed E-state index contributed by atoms with van der Waals surface area (Å²) in [4.78, 5) is 4.34. The Bertz CT molecular complexity index is 333. The fourth-order valence-corrected chi connectivity index (χ4v) is 1.44. The van der Waals surface area contributed by atoms with Gasteiger partial charge in [-0.3, -0.25) is 10.3 Å². The second-order valence-corrected chi connectivity index (χ2v) is 2.89. The molecule has 3 heteroatoms. The minimum Gasteiger partial charge on any atom is -0.496 e. The van der Waals surface area contributed by atoms with E-state index < -0.39 is 0 Å². The van der Waals surface area contributed by atoms with Crippen LogP contribution >= 0.6 is 0 Å². The zero-order valence-electron chi connectivity index (χ0n) is 7.58. The van der Waals surface area contributed by atoms with Gasteiger partial charge in [-0.25, -0.2) is 0 Å². The normalized spacial score (nSPS) is 15.6. The average molecular weight is 176 g/mol. The Balaban J connectivity index is 2.38. The zero-order chi connectivity index (χ0) is 9.10. The van der Waals surface area contributed by atoms with E-state index >= 15 is 0 Å². The Kier molecular flexibility index (Phi) is 2.27. The highest BCUT2D eigenvalue weighted by atomic mass is 16.5. The van der Waals surface area contributed by atoms with Crippen LogP contribution in [0.4, 0.5) is 0 Å². The number of para-hydroxylation sites is 1. The lowest BCUT2D eigenvalue weighted by molar-refractivity contribution is 0.414. The molecular formula is C10H12N2O. The van der Waals surface area contributed by atoms with Gasteiger partial charge in [0.05, 0.1) is 19.5 Å². The number of hydrogen-bond acceptors (Lipinski definition) is 3. The van der Waals surface area contributed by atoms with E-state index in [2.05, 4.69) is 10.3 Å². The fraction of sp³-hybridized carbons (Fsp3) is 0.300. The smallest absolute Gasteiger partial charge is 0.127 e. The van der Waals surface area contributed by atoms with Crippen molar-refractivity contribution in [1.29, 1.82) is 0 Å². The maximum Gasteiger partial charge on any atom is 0.127 e. The first kappa shape index (κ1) is 8.26. The van der Waals surface area contributed by atoms with Crippen LogP contribution in [-0.4, -0.2) is 26.0 Å². The zero-order valence-corrected chi connectivity index (χ0v) is 7.58. The molecule has 1 aromatic carbocycles. The van der Waals surface area contributed by atoms with E-state index in [4.69, 9.17) is 4.74 Å². The molecule has 0 radical (unpaired) electrons. The minimum absolute atomic E-state index is 0.716. The molecule has 0 amide bonds. The van der Waals surface area contributed by atoms with E-state index in [0.29, 0.717) is 6.67 Å². The Hall–Kier alpha value is -1.35. The standard InChI is InChI=1S/C10H12N2O/c1-13-10-5-3-2-4-8(10)9-6-11-7-12-9/h2-5,11H,6-7H2,1H3. The van der Waals surface area contributed by atoms with Crippen LogP contribution < -0.4 is 10.1 Å². The van der Waals surface area contributed by atoms with E-state index in [-0.39, 0.29) is 0 Å². The van der Waals surface area contributed by atoms with Gasteiger partial charge in [-0.1, -0.05) is 12.1 Å². The molecule has 3 nitrogen and oxygen atoms in total. The molecule has 0 spiro atoms. The lowest BCUT2D eigenvalue weighted by Crippen LogP contribution is -2.14. The summed E-state index contributed by atoms with van der Waals surface area (Å²) in [6.07, 6.45) is 0. The van der Waals surface area contributed by atoms with Crippen molar-refractivity contribution in [1.82, 2.24) is 5.32 Å². The van der Waals surface area contributed by atoms with Crippen LogP contribution in [0.5, 0.6) is 5.75 Å². The van der Waals surface area contributed by atoms with Gasteiger partial charge in [-0.05, 0) is 12.1 Å². The Labute approximate surface area is 77.4 Å². The molecule has 0 fully saturated rings. The van der Waals surface area contributed by atoms with Crippen LogP contribution in [0.3, 0.4) is 0 Å². The predicted octanol–water partition coefficient (Wildman–Crippen LogP) is 1.04. The minimum atomic E-state index is 0.716. The molecule has 0 unspecified atom stereocenters. The lowest BCUT2D eigenvalue weighted by Gasteiger charge is -2.06. The molecule has 0 saturated carbocycles. The molecule has 1 N–H and O–H groups in total. The van der Waals surface area contributed by atoms with Gasteiger partial charge in [0.1, 0.15) is 5.75 Å². The lowest BCUT2D eigenvalue weighted by atomic mass is 10.1. The Morgan fingerprint density at radius 3 is 2.92 bits per heavy atom. The number of methoxy groups -OCH3 is 1. The van der Waals surface area contributed by atoms with Crippen LogP contribution in [0, 0.1) is 0 Å². The Morgan fingerprint density at radius 1 is 1.38 bits per heavy atom. The van der Waals surface area contributed by atoms with Crippen LogP contribution in [0.2, 0.25) is 0 Å². The second-order valence-electron chi connectivity index (χ2n) is 2.89. The second kappa shape index (κ2) is 3.58. The molecule has 0 atom stereocenters. The summed E-state index contributed by atoms with van der Waals surface area (Å²) in [5, 5.41) is 3.16. The monoisotopic (exact) mass is 176 g/mol. The van der Waals surface area contributed by atoms with Crippen molar-refractivity contribution in [2.75, 3.05) is 20.3 Å². The SMILES string of the molecule is COc1ccccc1C1=NCNC1. The highest BCUT2D eigenvalue weighted by Gasteiger charge is 2.11. The molecule has 1 aliphatic rings. The van der Waals surface area contributed by atoms with E-state index in [1.807, 2.05) is 24.3 Å². The van der Waals surface area contributed by atoms with Crippen molar-refractivity contribution in [3.05, 3.63) is 29.8 Å². The molecular weight excluding hydrogens is 164 g/mol. The number of ether oxygens (including phenoxy) is 1.